The number of anilines is 1. The summed E-state index contributed by atoms with van der Waals surface area (Å²) in [5, 5.41) is 2.61. The molecule has 6 heteroatoms. The van der Waals surface area contributed by atoms with Crippen LogP contribution in [-0.4, -0.2) is 18.5 Å². The second-order valence-corrected chi connectivity index (χ2v) is 5.31. The molecule has 0 spiro atoms. The van der Waals surface area contributed by atoms with Crippen molar-refractivity contribution in [2.24, 2.45) is 0 Å². The first-order valence-corrected chi connectivity index (χ1v) is 7.60. The Morgan fingerprint density at radius 2 is 2.08 bits per heavy atom. The maximum atomic E-state index is 13.4. The molecule has 1 unspecified atom stereocenters. The molecule has 0 saturated carbocycles. The molecule has 2 aromatic carbocycles. The van der Waals surface area contributed by atoms with Gasteiger partial charge in [-0.2, -0.15) is 0 Å². The molecule has 124 valence electrons. The number of fused-ring (bicyclic) bond motifs is 1. The van der Waals surface area contributed by atoms with E-state index in [2.05, 4.69) is 5.32 Å². The molecule has 1 aliphatic heterocycles. The van der Waals surface area contributed by atoms with Gasteiger partial charge in [-0.3, -0.25) is 4.79 Å². The van der Waals surface area contributed by atoms with Crippen molar-refractivity contribution in [2.75, 3.05) is 11.9 Å². The number of esters is 1. The summed E-state index contributed by atoms with van der Waals surface area (Å²) in [5.41, 5.74) is 1.40. The van der Waals surface area contributed by atoms with Crippen LogP contribution in [0.1, 0.15) is 35.4 Å². The minimum Gasteiger partial charge on any atom is -0.492 e. The van der Waals surface area contributed by atoms with Gasteiger partial charge in [0.15, 0.2) is 0 Å². The number of benzene rings is 2. The van der Waals surface area contributed by atoms with E-state index in [9.17, 15) is 14.0 Å². The zero-order valence-corrected chi connectivity index (χ0v) is 13.0. The third-order valence-corrected chi connectivity index (χ3v) is 3.66. The standard InChI is InChI=1S/C18H16FNO4/c1-2-23-15-8-7-11(19)9-14(15)20-17(21)10-16-12-5-3-4-6-13(12)18(22)24-16/h3-9,16H,2,10H2,1H3,(H,20,21). The monoisotopic (exact) mass is 329 g/mol. The van der Waals surface area contributed by atoms with Gasteiger partial charge in [-0.05, 0) is 25.1 Å². The van der Waals surface area contributed by atoms with E-state index in [1.54, 1.807) is 31.2 Å². The fourth-order valence-electron chi connectivity index (χ4n) is 2.62. The number of ether oxygens (including phenoxy) is 2. The van der Waals surface area contributed by atoms with E-state index < -0.39 is 23.8 Å². The van der Waals surface area contributed by atoms with Gasteiger partial charge >= 0.3 is 5.97 Å². The number of amides is 1. The summed E-state index contributed by atoms with van der Waals surface area (Å²) < 4.78 is 24.0. The van der Waals surface area contributed by atoms with Gasteiger partial charge in [0, 0.05) is 11.6 Å². The molecular weight excluding hydrogens is 313 g/mol. The largest absolute Gasteiger partial charge is 0.492 e. The molecule has 1 heterocycles. The molecule has 2 aromatic rings. The number of hydrogen-bond donors (Lipinski definition) is 1. The zero-order chi connectivity index (χ0) is 17.1. The van der Waals surface area contributed by atoms with E-state index in [1.807, 2.05) is 0 Å². The summed E-state index contributed by atoms with van der Waals surface area (Å²) in [7, 11) is 0. The third-order valence-electron chi connectivity index (χ3n) is 3.66. The second kappa shape index (κ2) is 6.70. The molecule has 1 atom stereocenters. The quantitative estimate of drug-likeness (QED) is 0.853. The van der Waals surface area contributed by atoms with E-state index in [0.717, 1.165) is 0 Å². The van der Waals surface area contributed by atoms with Crippen molar-refractivity contribution in [1.82, 2.24) is 0 Å². The fourth-order valence-corrected chi connectivity index (χ4v) is 2.62. The van der Waals surface area contributed by atoms with Gasteiger partial charge in [0.1, 0.15) is 17.7 Å². The van der Waals surface area contributed by atoms with Crippen molar-refractivity contribution in [3.8, 4) is 5.75 Å². The molecule has 0 saturated heterocycles. The molecular formula is C18H16FNO4. The fraction of sp³-hybridized carbons (Fsp3) is 0.222. The van der Waals surface area contributed by atoms with Crippen molar-refractivity contribution in [3.63, 3.8) is 0 Å². The van der Waals surface area contributed by atoms with E-state index in [0.29, 0.717) is 23.5 Å². The Balaban J connectivity index is 1.73. The predicted octanol–water partition coefficient (Wildman–Crippen LogP) is 3.46. The van der Waals surface area contributed by atoms with E-state index in [4.69, 9.17) is 9.47 Å². The Morgan fingerprint density at radius 3 is 2.88 bits per heavy atom. The van der Waals surface area contributed by atoms with E-state index in [1.165, 1.54) is 18.2 Å². The van der Waals surface area contributed by atoms with Crippen molar-refractivity contribution < 1.29 is 23.5 Å². The lowest BCUT2D eigenvalue weighted by Gasteiger charge is -2.14. The number of carbonyl (C=O) groups is 2. The average molecular weight is 329 g/mol. The van der Waals surface area contributed by atoms with Crippen LogP contribution >= 0.6 is 0 Å². The summed E-state index contributed by atoms with van der Waals surface area (Å²) >= 11 is 0. The minimum absolute atomic E-state index is 0.0508. The number of nitrogens with one attached hydrogen (secondary N) is 1. The van der Waals surface area contributed by atoms with Gasteiger partial charge in [0.25, 0.3) is 0 Å². The number of halogens is 1. The Hall–Kier alpha value is -2.89. The normalized spacial score (nSPS) is 15.6. The number of carbonyl (C=O) groups excluding carboxylic acids is 2. The van der Waals surface area contributed by atoms with Crippen molar-refractivity contribution in [1.29, 1.82) is 0 Å². The maximum absolute atomic E-state index is 13.4. The number of hydrogen-bond acceptors (Lipinski definition) is 4. The highest BCUT2D eigenvalue weighted by Gasteiger charge is 2.32. The Bertz CT molecular complexity index is 790. The highest BCUT2D eigenvalue weighted by atomic mass is 19.1. The summed E-state index contributed by atoms with van der Waals surface area (Å²) in [6.45, 7) is 2.19. The molecule has 0 aromatic heterocycles. The van der Waals surface area contributed by atoms with Crippen LogP contribution in [0.3, 0.4) is 0 Å². The maximum Gasteiger partial charge on any atom is 0.339 e. The first kappa shape index (κ1) is 16.0. The van der Waals surface area contributed by atoms with Crippen molar-refractivity contribution in [3.05, 3.63) is 59.4 Å². The molecule has 0 radical (unpaired) electrons. The van der Waals surface area contributed by atoms with Gasteiger partial charge < -0.3 is 14.8 Å². The van der Waals surface area contributed by atoms with Crippen LogP contribution in [0.15, 0.2) is 42.5 Å². The van der Waals surface area contributed by atoms with Gasteiger partial charge in [-0.15, -0.1) is 0 Å². The van der Waals surface area contributed by atoms with Gasteiger partial charge in [-0.1, -0.05) is 18.2 Å². The molecule has 1 aliphatic rings. The SMILES string of the molecule is CCOc1ccc(F)cc1NC(=O)CC1OC(=O)c2ccccc21. The summed E-state index contributed by atoms with van der Waals surface area (Å²) in [6, 6.07) is 10.9. The molecule has 1 amide bonds. The van der Waals surface area contributed by atoms with Crippen LogP contribution in [0.25, 0.3) is 0 Å². The Kier molecular flexibility index (Phi) is 4.46. The predicted molar refractivity (Wildman–Crippen MR) is 85.4 cm³/mol. The molecule has 0 aliphatic carbocycles. The highest BCUT2D eigenvalue weighted by molar-refractivity contribution is 5.96. The number of cyclic esters (lactones) is 1. The van der Waals surface area contributed by atoms with E-state index >= 15 is 0 Å². The summed E-state index contributed by atoms with van der Waals surface area (Å²) in [5.74, 6) is -0.928. The number of rotatable bonds is 5. The lowest BCUT2D eigenvalue weighted by molar-refractivity contribution is -0.118. The van der Waals surface area contributed by atoms with Gasteiger partial charge in [0.05, 0.1) is 24.3 Å². The Morgan fingerprint density at radius 1 is 1.29 bits per heavy atom. The van der Waals surface area contributed by atoms with Crippen LogP contribution in [0.4, 0.5) is 10.1 Å². The van der Waals surface area contributed by atoms with Gasteiger partial charge in [-0.25, -0.2) is 9.18 Å². The second-order valence-electron chi connectivity index (χ2n) is 5.31. The molecule has 0 fully saturated rings. The summed E-state index contributed by atoms with van der Waals surface area (Å²) in [6.07, 6.45) is -0.692. The lowest BCUT2D eigenvalue weighted by Crippen LogP contribution is -2.16. The van der Waals surface area contributed by atoms with Crippen LogP contribution < -0.4 is 10.1 Å². The van der Waals surface area contributed by atoms with Crippen LogP contribution in [0.5, 0.6) is 5.75 Å². The smallest absolute Gasteiger partial charge is 0.339 e. The minimum atomic E-state index is -0.641. The summed E-state index contributed by atoms with van der Waals surface area (Å²) in [4.78, 5) is 24.0. The topological polar surface area (TPSA) is 64.6 Å². The first-order valence-electron chi connectivity index (χ1n) is 7.60. The van der Waals surface area contributed by atoms with Gasteiger partial charge in [0.2, 0.25) is 5.91 Å². The molecule has 5 nitrogen and oxygen atoms in total. The van der Waals surface area contributed by atoms with Crippen molar-refractivity contribution in [2.45, 2.75) is 19.4 Å². The molecule has 3 rings (SSSR count). The Labute approximate surface area is 138 Å². The highest BCUT2D eigenvalue weighted by Crippen LogP contribution is 2.33. The van der Waals surface area contributed by atoms with Crippen LogP contribution in [-0.2, 0) is 9.53 Å². The first-order chi connectivity index (χ1) is 11.6. The van der Waals surface area contributed by atoms with E-state index in [-0.39, 0.29) is 12.1 Å². The average Bonchev–Trinajstić information content (AvgIpc) is 2.87. The molecule has 0 bridgehead atoms. The van der Waals surface area contributed by atoms with Crippen LogP contribution in [0.2, 0.25) is 0 Å². The van der Waals surface area contributed by atoms with Crippen LogP contribution in [0, 0.1) is 5.82 Å². The zero-order valence-electron chi connectivity index (χ0n) is 13.0. The third kappa shape index (κ3) is 3.22. The lowest BCUT2D eigenvalue weighted by atomic mass is 10.0. The molecule has 24 heavy (non-hydrogen) atoms. The molecule has 1 N–H and O–H groups in total. The van der Waals surface area contributed by atoms with Crippen molar-refractivity contribution >= 4 is 17.6 Å².